The summed E-state index contributed by atoms with van der Waals surface area (Å²) >= 11 is 1.41. The summed E-state index contributed by atoms with van der Waals surface area (Å²) in [6.45, 7) is -0.167. The number of nitrogens with one attached hydrogen (secondary N) is 1. The lowest BCUT2D eigenvalue weighted by atomic mass is 9.89. The zero-order valence-corrected chi connectivity index (χ0v) is 10.9. The highest BCUT2D eigenvalue weighted by atomic mass is 32.1. The first-order valence-corrected chi connectivity index (χ1v) is 6.63. The predicted molar refractivity (Wildman–Crippen MR) is 69.6 cm³/mol. The van der Waals surface area contributed by atoms with Gasteiger partial charge in [0.05, 0.1) is 16.5 Å². The van der Waals surface area contributed by atoms with Gasteiger partial charge in [-0.05, 0) is 18.9 Å². The third-order valence-electron chi connectivity index (χ3n) is 2.92. The van der Waals surface area contributed by atoms with Crippen LogP contribution in [-0.4, -0.2) is 36.9 Å². The van der Waals surface area contributed by atoms with E-state index in [1.54, 1.807) is 18.6 Å². The number of thiophene rings is 1. The Morgan fingerprint density at radius 2 is 2.44 bits per heavy atom. The molecule has 0 atom stereocenters. The number of carbonyl (C=O) groups excluding carboxylic acids is 1. The van der Waals surface area contributed by atoms with Crippen molar-refractivity contribution in [3.05, 3.63) is 21.9 Å². The van der Waals surface area contributed by atoms with E-state index in [1.807, 2.05) is 0 Å². The number of amides is 1. The molecule has 1 aromatic heterocycles. The third-order valence-corrected chi connectivity index (χ3v) is 3.76. The molecule has 1 aliphatic rings. The molecule has 1 amide bonds. The first-order valence-electron chi connectivity index (χ1n) is 5.75. The van der Waals surface area contributed by atoms with E-state index in [0.717, 1.165) is 17.7 Å². The van der Waals surface area contributed by atoms with Crippen LogP contribution in [0.5, 0.6) is 0 Å². The maximum atomic E-state index is 11.9. The van der Waals surface area contributed by atoms with Crippen LogP contribution in [0.2, 0.25) is 0 Å². The molecule has 4 nitrogen and oxygen atoms in total. The Bertz CT molecular complexity index is 480. The van der Waals surface area contributed by atoms with Crippen molar-refractivity contribution in [3.8, 4) is 11.8 Å². The number of hydrogen-bond acceptors (Lipinski definition) is 4. The van der Waals surface area contributed by atoms with E-state index < -0.39 is 0 Å². The highest BCUT2D eigenvalue weighted by molar-refractivity contribution is 7.10. The Balaban J connectivity index is 1.87. The van der Waals surface area contributed by atoms with Crippen LogP contribution in [0.1, 0.15) is 28.1 Å². The van der Waals surface area contributed by atoms with Gasteiger partial charge in [-0.1, -0.05) is 11.8 Å². The van der Waals surface area contributed by atoms with Crippen LogP contribution >= 0.6 is 11.3 Å². The summed E-state index contributed by atoms with van der Waals surface area (Å²) in [5.74, 6) is 5.28. The van der Waals surface area contributed by atoms with Gasteiger partial charge in [0.2, 0.25) is 0 Å². The lowest BCUT2D eigenvalue weighted by Crippen LogP contribution is -2.47. The van der Waals surface area contributed by atoms with Crippen LogP contribution in [0.25, 0.3) is 0 Å². The van der Waals surface area contributed by atoms with Crippen molar-refractivity contribution in [3.63, 3.8) is 0 Å². The number of hydrogen-bond donors (Lipinski definition) is 2. The highest BCUT2D eigenvalue weighted by Crippen LogP contribution is 2.23. The Kier molecular flexibility index (Phi) is 4.37. The normalized spacial score (nSPS) is 21.7. The topological polar surface area (TPSA) is 58.6 Å². The van der Waals surface area contributed by atoms with E-state index in [-0.39, 0.29) is 24.7 Å². The molecule has 0 spiro atoms. The van der Waals surface area contributed by atoms with Gasteiger partial charge in [-0.2, -0.15) is 0 Å². The molecule has 18 heavy (non-hydrogen) atoms. The van der Waals surface area contributed by atoms with Crippen molar-refractivity contribution in [1.82, 2.24) is 5.32 Å². The maximum absolute atomic E-state index is 11.9. The number of rotatable bonds is 3. The molecule has 96 valence electrons. The number of ether oxygens (including phenoxy) is 1. The van der Waals surface area contributed by atoms with Crippen LogP contribution in [0.3, 0.4) is 0 Å². The molecular formula is C13H15NO3S. The molecule has 0 bridgehead atoms. The Hall–Kier alpha value is -1.35. The molecule has 0 radical (unpaired) electrons. The first kappa shape index (κ1) is 13.1. The van der Waals surface area contributed by atoms with Crippen LogP contribution in [0.4, 0.5) is 0 Å². The minimum atomic E-state index is -0.167. The molecular weight excluding hydrogens is 250 g/mol. The number of methoxy groups -OCH3 is 1. The van der Waals surface area contributed by atoms with E-state index in [2.05, 4.69) is 17.2 Å². The second-order valence-corrected chi connectivity index (χ2v) is 5.07. The summed E-state index contributed by atoms with van der Waals surface area (Å²) in [6, 6.07) is 1.96. The van der Waals surface area contributed by atoms with Gasteiger partial charge in [-0.3, -0.25) is 4.79 Å². The molecule has 1 saturated carbocycles. The average molecular weight is 265 g/mol. The van der Waals surface area contributed by atoms with Crippen molar-refractivity contribution in [2.24, 2.45) is 0 Å². The minimum Gasteiger partial charge on any atom is -0.384 e. The van der Waals surface area contributed by atoms with Crippen molar-refractivity contribution < 1.29 is 14.6 Å². The van der Waals surface area contributed by atoms with Crippen molar-refractivity contribution >= 4 is 17.2 Å². The van der Waals surface area contributed by atoms with Gasteiger partial charge >= 0.3 is 0 Å². The van der Waals surface area contributed by atoms with Crippen LogP contribution in [0.15, 0.2) is 11.4 Å². The monoisotopic (exact) mass is 265 g/mol. The minimum absolute atomic E-state index is 0.0668. The zero-order chi connectivity index (χ0) is 13.0. The smallest absolute Gasteiger partial charge is 0.252 e. The van der Waals surface area contributed by atoms with Gasteiger partial charge in [0.15, 0.2) is 0 Å². The summed E-state index contributed by atoms with van der Waals surface area (Å²) in [4.78, 5) is 12.7. The Morgan fingerprint density at radius 3 is 3.11 bits per heavy atom. The lowest BCUT2D eigenvalue weighted by molar-refractivity contribution is 0.0176. The fraction of sp³-hybridized carbons (Fsp3) is 0.462. The third kappa shape index (κ3) is 3.10. The number of aliphatic hydroxyl groups is 1. The Morgan fingerprint density at radius 1 is 1.67 bits per heavy atom. The van der Waals surface area contributed by atoms with Gasteiger partial charge in [0.1, 0.15) is 6.61 Å². The van der Waals surface area contributed by atoms with Gasteiger partial charge in [0.25, 0.3) is 5.91 Å². The van der Waals surface area contributed by atoms with E-state index >= 15 is 0 Å². The quantitative estimate of drug-likeness (QED) is 0.802. The van der Waals surface area contributed by atoms with E-state index in [0.29, 0.717) is 5.56 Å². The Labute approximate surface area is 110 Å². The van der Waals surface area contributed by atoms with Gasteiger partial charge < -0.3 is 15.2 Å². The van der Waals surface area contributed by atoms with Crippen LogP contribution in [0, 0.1) is 11.8 Å². The summed E-state index contributed by atoms with van der Waals surface area (Å²) in [5.41, 5.74) is 0.628. The summed E-state index contributed by atoms with van der Waals surface area (Å²) < 4.78 is 5.16. The number of aliphatic hydroxyl groups excluding tert-OH is 1. The molecule has 1 aliphatic carbocycles. The molecule has 0 saturated heterocycles. The molecule has 0 aromatic carbocycles. The standard InChI is InChI=1S/C13H15NO3S/c1-17-11-6-10(7-11)14-13(16)9-5-12(18-8-9)3-2-4-15/h5,8,10-11,15H,4,6-7H2,1H3,(H,14,16). The molecule has 2 N–H and O–H groups in total. The van der Waals surface area contributed by atoms with E-state index in [1.165, 1.54) is 11.3 Å². The fourth-order valence-corrected chi connectivity index (χ4v) is 2.55. The van der Waals surface area contributed by atoms with Crippen LogP contribution in [-0.2, 0) is 4.74 Å². The molecule has 0 unspecified atom stereocenters. The lowest BCUT2D eigenvalue weighted by Gasteiger charge is -2.34. The molecule has 1 fully saturated rings. The van der Waals surface area contributed by atoms with Gasteiger partial charge in [-0.25, -0.2) is 0 Å². The molecule has 0 aliphatic heterocycles. The second kappa shape index (κ2) is 6.01. The highest BCUT2D eigenvalue weighted by Gasteiger charge is 2.30. The molecule has 2 rings (SSSR count). The summed E-state index contributed by atoms with van der Waals surface area (Å²) in [6.07, 6.45) is 2.04. The first-order chi connectivity index (χ1) is 8.72. The largest absolute Gasteiger partial charge is 0.384 e. The summed E-state index contributed by atoms with van der Waals surface area (Å²) in [7, 11) is 1.69. The van der Waals surface area contributed by atoms with Gasteiger partial charge in [-0.15, -0.1) is 11.3 Å². The second-order valence-electron chi connectivity index (χ2n) is 4.16. The van der Waals surface area contributed by atoms with Crippen molar-refractivity contribution in [1.29, 1.82) is 0 Å². The molecule has 1 heterocycles. The molecule has 1 aromatic rings. The fourth-order valence-electron chi connectivity index (χ4n) is 1.79. The zero-order valence-electron chi connectivity index (χ0n) is 10.1. The molecule has 5 heteroatoms. The van der Waals surface area contributed by atoms with Crippen molar-refractivity contribution in [2.75, 3.05) is 13.7 Å². The van der Waals surface area contributed by atoms with E-state index in [9.17, 15) is 4.79 Å². The number of carbonyl (C=O) groups is 1. The predicted octanol–water partition coefficient (Wildman–Crippen LogP) is 0.999. The summed E-state index contributed by atoms with van der Waals surface area (Å²) in [5, 5.41) is 13.3. The maximum Gasteiger partial charge on any atom is 0.252 e. The van der Waals surface area contributed by atoms with Crippen molar-refractivity contribution in [2.45, 2.75) is 25.0 Å². The van der Waals surface area contributed by atoms with Crippen LogP contribution < -0.4 is 5.32 Å². The average Bonchev–Trinajstić information content (AvgIpc) is 2.79. The SMILES string of the molecule is COC1CC(NC(=O)c2csc(C#CCO)c2)C1. The van der Waals surface area contributed by atoms with Gasteiger partial charge in [0, 0.05) is 18.5 Å². The van der Waals surface area contributed by atoms with E-state index in [4.69, 9.17) is 9.84 Å².